The SMILES string of the molecule is CC(C)c1ncnc(C(C)C)c1-n1c(=O)nc(N2C[C@@H](C)N(C(=O)OC(C)(C)C)[C@@H](C)C2)c2cc(F)c(-c3ccccc3F)nc21. The van der Waals surface area contributed by atoms with Gasteiger partial charge >= 0.3 is 11.8 Å². The van der Waals surface area contributed by atoms with Crippen molar-refractivity contribution < 1.29 is 18.3 Å². The van der Waals surface area contributed by atoms with Crippen LogP contribution in [0.1, 0.15) is 85.5 Å². The molecule has 1 fully saturated rings. The number of hydrogen-bond acceptors (Lipinski definition) is 8. The highest BCUT2D eigenvalue weighted by Crippen LogP contribution is 2.35. The number of anilines is 1. The average molecular weight is 634 g/mol. The Labute approximate surface area is 267 Å². The van der Waals surface area contributed by atoms with E-state index in [0.29, 0.717) is 30.2 Å². The number of ether oxygens (including phenoxy) is 1. The minimum atomic E-state index is -0.767. The van der Waals surface area contributed by atoms with E-state index in [2.05, 4.69) is 19.9 Å². The van der Waals surface area contributed by atoms with Crippen molar-refractivity contribution in [2.24, 2.45) is 0 Å². The van der Waals surface area contributed by atoms with Gasteiger partial charge in [-0.05, 0) is 64.7 Å². The zero-order valence-corrected chi connectivity index (χ0v) is 27.8. The molecule has 46 heavy (non-hydrogen) atoms. The number of pyridine rings is 1. The zero-order chi connectivity index (χ0) is 33.7. The van der Waals surface area contributed by atoms with Crippen molar-refractivity contribution in [3.8, 4) is 16.9 Å². The quantitative estimate of drug-likeness (QED) is 0.242. The number of hydrogen-bond donors (Lipinski definition) is 0. The first-order valence-corrected chi connectivity index (χ1v) is 15.6. The van der Waals surface area contributed by atoms with E-state index in [9.17, 15) is 9.59 Å². The number of carbonyl (C=O) groups excluding carboxylic acids is 1. The summed E-state index contributed by atoms with van der Waals surface area (Å²) in [6, 6.07) is 6.40. The normalized spacial score (nSPS) is 17.3. The van der Waals surface area contributed by atoms with Gasteiger partial charge in [0.1, 0.15) is 35.1 Å². The Morgan fingerprint density at radius 1 is 0.935 bits per heavy atom. The second-order valence-corrected chi connectivity index (χ2v) is 13.5. The molecule has 0 aliphatic carbocycles. The van der Waals surface area contributed by atoms with Gasteiger partial charge < -0.3 is 9.64 Å². The predicted molar refractivity (Wildman–Crippen MR) is 173 cm³/mol. The highest BCUT2D eigenvalue weighted by atomic mass is 19.1. The molecule has 3 aromatic heterocycles. The van der Waals surface area contributed by atoms with Crippen LogP contribution in [0, 0.1) is 11.6 Å². The molecule has 5 rings (SSSR count). The lowest BCUT2D eigenvalue weighted by molar-refractivity contribution is 0.00561. The van der Waals surface area contributed by atoms with E-state index in [-0.39, 0.29) is 52.0 Å². The maximum Gasteiger partial charge on any atom is 0.410 e. The standard InChI is InChI=1S/C34H41F2N7O3/c1-18(2)26-29(27(19(3)4)38-17-37-26)43-31-23(14-25(36)28(39-31)22-12-10-11-13-24(22)35)30(40-32(43)44)41-15-20(5)42(21(6)16-41)33(45)46-34(7,8)9/h10-14,17-21H,15-16H2,1-9H3/t20-,21+. The summed E-state index contributed by atoms with van der Waals surface area (Å²) >= 11 is 0. The Bertz CT molecular complexity index is 1810. The summed E-state index contributed by atoms with van der Waals surface area (Å²) in [5.41, 5.74) is 0.132. The van der Waals surface area contributed by atoms with Crippen molar-refractivity contribution >= 4 is 22.9 Å². The monoisotopic (exact) mass is 633 g/mol. The largest absolute Gasteiger partial charge is 0.444 e. The first-order valence-electron chi connectivity index (χ1n) is 15.6. The second kappa shape index (κ2) is 12.4. The van der Waals surface area contributed by atoms with Crippen molar-refractivity contribution in [2.45, 2.75) is 91.8 Å². The fraction of sp³-hybridized carbons (Fsp3) is 0.471. The molecular weight excluding hydrogens is 592 g/mol. The number of halogens is 2. The molecule has 0 spiro atoms. The van der Waals surface area contributed by atoms with E-state index in [4.69, 9.17) is 4.74 Å². The highest BCUT2D eigenvalue weighted by Gasteiger charge is 2.37. The molecule has 12 heteroatoms. The molecule has 0 N–H and O–H groups in total. The molecule has 4 aromatic rings. The highest BCUT2D eigenvalue weighted by molar-refractivity contribution is 5.90. The Morgan fingerprint density at radius 2 is 1.52 bits per heavy atom. The molecular formula is C34H41F2N7O3. The summed E-state index contributed by atoms with van der Waals surface area (Å²) in [7, 11) is 0. The van der Waals surface area contributed by atoms with E-state index >= 15 is 8.78 Å². The van der Waals surface area contributed by atoms with Crippen LogP contribution in [0.25, 0.3) is 28.0 Å². The Morgan fingerprint density at radius 3 is 2.07 bits per heavy atom. The van der Waals surface area contributed by atoms with Gasteiger partial charge in [-0.1, -0.05) is 39.8 Å². The summed E-state index contributed by atoms with van der Waals surface area (Å²) < 4.78 is 38.0. The molecule has 0 bridgehead atoms. The smallest absolute Gasteiger partial charge is 0.410 e. The predicted octanol–water partition coefficient (Wildman–Crippen LogP) is 6.60. The van der Waals surface area contributed by atoms with Gasteiger partial charge in [-0.15, -0.1) is 0 Å². The van der Waals surface area contributed by atoms with Gasteiger partial charge in [-0.25, -0.2) is 37.9 Å². The van der Waals surface area contributed by atoms with Crippen molar-refractivity contribution in [1.29, 1.82) is 0 Å². The Hall–Kier alpha value is -4.48. The van der Waals surface area contributed by atoms with E-state index in [1.807, 2.05) is 67.2 Å². The van der Waals surface area contributed by atoms with Crippen LogP contribution in [0.5, 0.6) is 0 Å². The van der Waals surface area contributed by atoms with E-state index in [0.717, 1.165) is 0 Å². The number of fused-ring (bicyclic) bond motifs is 1. The molecule has 244 valence electrons. The van der Waals surface area contributed by atoms with Gasteiger partial charge in [0.05, 0.1) is 34.5 Å². The molecule has 0 unspecified atom stereocenters. The second-order valence-electron chi connectivity index (χ2n) is 13.5. The van der Waals surface area contributed by atoms with E-state index in [1.54, 1.807) is 11.0 Å². The zero-order valence-electron chi connectivity index (χ0n) is 27.8. The molecule has 10 nitrogen and oxygen atoms in total. The van der Waals surface area contributed by atoms with Crippen LogP contribution in [0.15, 0.2) is 41.5 Å². The van der Waals surface area contributed by atoms with Gasteiger partial charge in [-0.3, -0.25) is 4.90 Å². The fourth-order valence-corrected chi connectivity index (χ4v) is 6.04. The van der Waals surface area contributed by atoms with Crippen LogP contribution >= 0.6 is 0 Å². The first-order chi connectivity index (χ1) is 21.6. The number of piperazine rings is 1. The van der Waals surface area contributed by atoms with Crippen molar-refractivity contribution in [3.63, 3.8) is 0 Å². The lowest BCUT2D eigenvalue weighted by atomic mass is 10.0. The van der Waals surface area contributed by atoms with Crippen LogP contribution in [0.2, 0.25) is 0 Å². The van der Waals surface area contributed by atoms with Crippen molar-refractivity contribution in [2.75, 3.05) is 18.0 Å². The number of benzene rings is 1. The van der Waals surface area contributed by atoms with Crippen LogP contribution in [-0.2, 0) is 4.74 Å². The van der Waals surface area contributed by atoms with Crippen molar-refractivity contribution in [3.05, 3.63) is 70.2 Å². The number of aromatic nitrogens is 5. The third-order valence-electron chi connectivity index (χ3n) is 7.95. The summed E-state index contributed by atoms with van der Waals surface area (Å²) in [4.78, 5) is 49.1. The van der Waals surface area contributed by atoms with E-state index < -0.39 is 29.0 Å². The van der Waals surface area contributed by atoms with Crippen molar-refractivity contribution in [1.82, 2.24) is 29.4 Å². The molecule has 2 atom stereocenters. The summed E-state index contributed by atoms with van der Waals surface area (Å²) in [5.74, 6) is -1.40. The Balaban J connectivity index is 1.77. The van der Waals surface area contributed by atoms with Gasteiger partial charge in [-0.2, -0.15) is 4.98 Å². The molecule has 0 saturated carbocycles. The maximum absolute atomic E-state index is 16.0. The molecule has 4 heterocycles. The lowest BCUT2D eigenvalue weighted by Gasteiger charge is -2.45. The molecule has 1 aliphatic heterocycles. The molecule has 0 radical (unpaired) electrons. The number of amides is 1. The van der Waals surface area contributed by atoms with Gasteiger partial charge in [0.2, 0.25) is 0 Å². The van der Waals surface area contributed by atoms with Gasteiger partial charge in [0, 0.05) is 18.7 Å². The minimum Gasteiger partial charge on any atom is -0.444 e. The number of nitrogens with zero attached hydrogens (tertiary/aromatic N) is 7. The van der Waals surface area contributed by atoms with Gasteiger partial charge in [0.15, 0.2) is 5.65 Å². The third kappa shape index (κ3) is 6.17. The number of carbonyl (C=O) groups is 1. The summed E-state index contributed by atoms with van der Waals surface area (Å²) in [5, 5.41) is 0.260. The molecule has 1 aliphatic rings. The van der Waals surface area contributed by atoms with E-state index in [1.165, 1.54) is 35.2 Å². The topological polar surface area (TPSA) is 106 Å². The van der Waals surface area contributed by atoms with Crippen LogP contribution in [0.3, 0.4) is 0 Å². The molecule has 1 saturated heterocycles. The summed E-state index contributed by atoms with van der Waals surface area (Å²) in [6.07, 6.45) is 1.03. The van der Waals surface area contributed by atoms with Gasteiger partial charge in [0.25, 0.3) is 0 Å². The Kier molecular flexibility index (Phi) is 8.85. The maximum atomic E-state index is 16.0. The lowest BCUT2D eigenvalue weighted by Crippen LogP contribution is -2.59. The fourth-order valence-electron chi connectivity index (χ4n) is 6.04. The minimum absolute atomic E-state index is 0.0371. The molecule has 1 aromatic carbocycles. The first kappa shape index (κ1) is 32.9. The van der Waals surface area contributed by atoms with Crippen LogP contribution < -0.4 is 10.6 Å². The number of rotatable bonds is 5. The summed E-state index contributed by atoms with van der Waals surface area (Å²) in [6.45, 7) is 17.6. The van der Waals surface area contributed by atoms with Crippen LogP contribution in [-0.4, -0.2) is 66.3 Å². The van der Waals surface area contributed by atoms with Crippen LogP contribution in [0.4, 0.5) is 19.4 Å². The molecule has 1 amide bonds. The average Bonchev–Trinajstić information content (AvgIpc) is 2.95. The third-order valence-corrected chi connectivity index (χ3v) is 7.95.